The third-order valence-corrected chi connectivity index (χ3v) is 9.67. The second-order valence-electron chi connectivity index (χ2n) is 11.5. The van der Waals surface area contributed by atoms with E-state index in [2.05, 4.69) is 10.6 Å². The summed E-state index contributed by atoms with van der Waals surface area (Å²) < 4.78 is 27.2. The molecule has 0 bridgehead atoms. The van der Waals surface area contributed by atoms with Crippen molar-refractivity contribution in [2.75, 3.05) is 27.4 Å². The number of hydrogen-bond acceptors (Lipinski definition) is 8. The third kappa shape index (κ3) is 5.89. The van der Waals surface area contributed by atoms with Gasteiger partial charge in [-0.1, -0.05) is 59.9 Å². The van der Waals surface area contributed by atoms with Gasteiger partial charge in [0.1, 0.15) is 29.9 Å². The molecule has 0 radical (unpaired) electrons. The normalized spacial score (nSPS) is 14.5. The SMILES string of the molecule is CCOC(=O)C1=C(C)N=c2sc(=Cc3cn(CCOc4ccccc4)c4ccccc34)c(=O)n2C1c1c(OC)ccc2ccc(OC)cc12. The van der Waals surface area contributed by atoms with Gasteiger partial charge >= 0.3 is 5.97 Å². The third-order valence-electron chi connectivity index (χ3n) is 8.69. The zero-order valence-electron chi connectivity index (χ0n) is 27.6. The average molecular weight is 674 g/mol. The number of carbonyl (C=O) groups is 1. The molecule has 3 heterocycles. The van der Waals surface area contributed by atoms with Crippen LogP contribution in [0.5, 0.6) is 17.2 Å². The molecule has 1 aliphatic heterocycles. The van der Waals surface area contributed by atoms with Crippen molar-refractivity contribution in [1.82, 2.24) is 9.13 Å². The summed E-state index contributed by atoms with van der Waals surface area (Å²) >= 11 is 1.29. The zero-order valence-corrected chi connectivity index (χ0v) is 28.5. The van der Waals surface area contributed by atoms with Gasteiger partial charge in [-0.15, -0.1) is 0 Å². The van der Waals surface area contributed by atoms with Gasteiger partial charge in [0.2, 0.25) is 0 Å². The van der Waals surface area contributed by atoms with E-state index in [-0.39, 0.29) is 17.7 Å². The first-order valence-corrected chi connectivity index (χ1v) is 16.8. The Labute approximate surface area is 286 Å². The molecule has 248 valence electrons. The molecule has 9 nitrogen and oxygen atoms in total. The summed E-state index contributed by atoms with van der Waals surface area (Å²) in [7, 11) is 3.18. The predicted molar refractivity (Wildman–Crippen MR) is 191 cm³/mol. The Morgan fingerprint density at radius 3 is 2.49 bits per heavy atom. The van der Waals surface area contributed by atoms with E-state index >= 15 is 0 Å². The van der Waals surface area contributed by atoms with E-state index in [0.29, 0.717) is 45.2 Å². The van der Waals surface area contributed by atoms with Crippen molar-refractivity contribution in [2.24, 2.45) is 4.99 Å². The minimum absolute atomic E-state index is 0.174. The first-order chi connectivity index (χ1) is 23.9. The summed E-state index contributed by atoms with van der Waals surface area (Å²) in [5.74, 6) is 1.44. The zero-order chi connectivity index (χ0) is 34.1. The number of thiazole rings is 1. The Morgan fingerprint density at radius 2 is 1.71 bits per heavy atom. The average Bonchev–Trinajstić information content (AvgIpc) is 3.63. The maximum absolute atomic E-state index is 14.6. The first kappa shape index (κ1) is 32.0. The highest BCUT2D eigenvalue weighted by Crippen LogP contribution is 2.41. The molecular weight excluding hydrogens is 639 g/mol. The molecule has 6 aromatic rings. The van der Waals surface area contributed by atoms with Crippen LogP contribution < -0.4 is 29.1 Å². The molecule has 0 spiro atoms. The van der Waals surface area contributed by atoms with Crippen molar-refractivity contribution in [3.63, 3.8) is 0 Å². The summed E-state index contributed by atoms with van der Waals surface area (Å²) in [5.41, 5.74) is 3.07. The van der Waals surface area contributed by atoms with E-state index < -0.39 is 12.0 Å². The lowest BCUT2D eigenvalue weighted by Gasteiger charge is -2.27. The molecule has 0 amide bonds. The fraction of sp³-hybridized carbons (Fsp3) is 0.205. The fourth-order valence-electron chi connectivity index (χ4n) is 6.45. The second kappa shape index (κ2) is 13.5. The summed E-state index contributed by atoms with van der Waals surface area (Å²) in [4.78, 5) is 33.5. The number of fused-ring (bicyclic) bond motifs is 3. The van der Waals surface area contributed by atoms with Crippen LogP contribution in [-0.4, -0.2) is 42.5 Å². The highest BCUT2D eigenvalue weighted by atomic mass is 32.1. The lowest BCUT2D eigenvalue weighted by molar-refractivity contribution is -0.139. The molecule has 2 aromatic heterocycles. The molecule has 1 aliphatic rings. The highest BCUT2D eigenvalue weighted by Gasteiger charge is 2.36. The van der Waals surface area contributed by atoms with Gasteiger partial charge in [0, 0.05) is 28.2 Å². The van der Waals surface area contributed by atoms with Crippen LogP contribution in [0.2, 0.25) is 0 Å². The number of aromatic nitrogens is 2. The molecule has 0 fully saturated rings. The minimum Gasteiger partial charge on any atom is -0.497 e. The standard InChI is InChI=1S/C39H35N3O6S/c1-5-47-38(44)34-24(2)40-39-42(36(34)35-30-22-28(45-3)17-15-25(30)16-18-32(35)46-4)37(43)33(49-39)21-26-23-41(31-14-10-9-13-29(26)31)19-20-48-27-11-7-6-8-12-27/h6-18,21-23,36H,5,19-20H2,1-4H3. The van der Waals surface area contributed by atoms with E-state index in [9.17, 15) is 9.59 Å². The number of allylic oxidation sites excluding steroid dienone is 1. The number of benzene rings is 4. The minimum atomic E-state index is -0.861. The molecule has 49 heavy (non-hydrogen) atoms. The van der Waals surface area contributed by atoms with Crippen LogP contribution in [-0.2, 0) is 16.1 Å². The van der Waals surface area contributed by atoms with Crippen molar-refractivity contribution < 1.29 is 23.7 Å². The highest BCUT2D eigenvalue weighted by molar-refractivity contribution is 7.07. The molecule has 10 heteroatoms. The van der Waals surface area contributed by atoms with Crippen LogP contribution in [0.4, 0.5) is 0 Å². The quantitative estimate of drug-likeness (QED) is 0.166. The van der Waals surface area contributed by atoms with Crippen LogP contribution in [0.15, 0.2) is 112 Å². The van der Waals surface area contributed by atoms with E-state index in [4.69, 9.17) is 23.9 Å². The summed E-state index contributed by atoms with van der Waals surface area (Å²) in [6.07, 6.45) is 3.95. The number of methoxy groups -OCH3 is 2. The van der Waals surface area contributed by atoms with Gasteiger partial charge in [-0.05, 0) is 67.1 Å². The molecule has 1 unspecified atom stereocenters. The van der Waals surface area contributed by atoms with Gasteiger partial charge in [0.15, 0.2) is 4.80 Å². The first-order valence-electron chi connectivity index (χ1n) is 16.0. The fourth-order valence-corrected chi connectivity index (χ4v) is 7.49. The summed E-state index contributed by atoms with van der Waals surface area (Å²) in [5, 5.41) is 2.70. The molecule has 7 rings (SSSR count). The van der Waals surface area contributed by atoms with Gasteiger partial charge < -0.3 is 23.5 Å². The predicted octanol–water partition coefficient (Wildman–Crippen LogP) is 6.00. The van der Waals surface area contributed by atoms with Gasteiger partial charge in [-0.25, -0.2) is 9.79 Å². The topological polar surface area (TPSA) is 93.3 Å². The summed E-state index contributed by atoms with van der Waals surface area (Å²) in [6, 6.07) is 26.5. The molecule has 0 saturated heterocycles. The van der Waals surface area contributed by atoms with Crippen LogP contribution in [0.25, 0.3) is 27.8 Å². The lowest BCUT2D eigenvalue weighted by atomic mass is 9.90. The largest absolute Gasteiger partial charge is 0.497 e. The van der Waals surface area contributed by atoms with E-state index in [1.54, 1.807) is 32.6 Å². The van der Waals surface area contributed by atoms with Crippen molar-refractivity contribution in [3.8, 4) is 17.2 Å². The number of rotatable bonds is 10. The number of carbonyl (C=O) groups excluding carboxylic acids is 1. The van der Waals surface area contributed by atoms with Crippen LogP contribution in [0.1, 0.15) is 31.0 Å². The second-order valence-corrected chi connectivity index (χ2v) is 12.5. The van der Waals surface area contributed by atoms with E-state index in [1.807, 2.05) is 91.1 Å². The molecule has 4 aromatic carbocycles. The van der Waals surface area contributed by atoms with Crippen molar-refractivity contribution in [3.05, 3.63) is 133 Å². The molecule has 0 N–H and O–H groups in total. The van der Waals surface area contributed by atoms with Crippen molar-refractivity contribution in [1.29, 1.82) is 0 Å². The number of esters is 1. The van der Waals surface area contributed by atoms with Crippen LogP contribution in [0, 0.1) is 0 Å². The lowest BCUT2D eigenvalue weighted by Crippen LogP contribution is -2.40. The Morgan fingerprint density at radius 1 is 0.939 bits per heavy atom. The van der Waals surface area contributed by atoms with Gasteiger partial charge in [-0.3, -0.25) is 9.36 Å². The van der Waals surface area contributed by atoms with Gasteiger partial charge in [-0.2, -0.15) is 0 Å². The maximum atomic E-state index is 14.6. The number of hydrogen-bond donors (Lipinski definition) is 0. The van der Waals surface area contributed by atoms with Crippen molar-refractivity contribution in [2.45, 2.75) is 26.4 Å². The Kier molecular flexibility index (Phi) is 8.79. The summed E-state index contributed by atoms with van der Waals surface area (Å²) in [6.45, 7) is 4.81. The number of nitrogens with zero attached hydrogens (tertiary/aromatic N) is 3. The van der Waals surface area contributed by atoms with Crippen LogP contribution >= 0.6 is 11.3 Å². The monoisotopic (exact) mass is 673 g/mol. The molecule has 0 saturated carbocycles. The van der Waals surface area contributed by atoms with Crippen LogP contribution in [0.3, 0.4) is 0 Å². The van der Waals surface area contributed by atoms with Crippen molar-refractivity contribution >= 4 is 45.1 Å². The Hall–Kier alpha value is -5.61. The Bertz CT molecular complexity index is 2420. The molecular formula is C39H35N3O6S. The van der Waals surface area contributed by atoms with Gasteiger partial charge in [0.25, 0.3) is 5.56 Å². The number of para-hydroxylation sites is 2. The molecule has 1 atom stereocenters. The van der Waals surface area contributed by atoms with E-state index in [1.165, 1.54) is 11.3 Å². The maximum Gasteiger partial charge on any atom is 0.338 e. The molecule has 0 aliphatic carbocycles. The van der Waals surface area contributed by atoms with Gasteiger partial charge in [0.05, 0.1) is 43.2 Å². The number of ether oxygens (including phenoxy) is 4. The smallest absolute Gasteiger partial charge is 0.338 e. The Balaban J connectivity index is 1.39. The van der Waals surface area contributed by atoms with E-state index in [0.717, 1.165) is 33.0 Å².